The average molecular weight is 529 g/mol. The molecule has 0 aliphatic heterocycles. The lowest BCUT2D eigenvalue weighted by molar-refractivity contribution is -0.136. The third kappa shape index (κ3) is 8.69. The number of aliphatic carboxylic acids is 1. The number of benzene rings is 2. The highest BCUT2D eigenvalue weighted by atomic mass is 32.2. The summed E-state index contributed by atoms with van der Waals surface area (Å²) in [7, 11) is -3.28. The van der Waals surface area contributed by atoms with Gasteiger partial charge in [0.2, 0.25) is 0 Å². The average Bonchev–Trinajstić information content (AvgIpc) is 2.83. The fourth-order valence-corrected chi connectivity index (χ4v) is 5.71. The highest BCUT2D eigenvalue weighted by Gasteiger charge is 2.32. The number of carbonyl (C=O) groups excluding carboxylic acids is 1. The van der Waals surface area contributed by atoms with Crippen LogP contribution < -0.4 is 5.32 Å². The van der Waals surface area contributed by atoms with Crippen molar-refractivity contribution in [3.8, 4) is 0 Å². The molecular formula is C29H40N2O5S. The topological polar surface area (TPSA) is 107 Å². The summed E-state index contributed by atoms with van der Waals surface area (Å²) in [6, 6.07) is 15.0. The Balaban J connectivity index is 1.75. The fourth-order valence-electron chi connectivity index (χ4n) is 5.08. The second-order valence-corrected chi connectivity index (χ2v) is 12.9. The summed E-state index contributed by atoms with van der Waals surface area (Å²) in [6.07, 6.45) is 4.42. The molecule has 1 atom stereocenters. The van der Waals surface area contributed by atoms with Crippen molar-refractivity contribution in [1.29, 1.82) is 0 Å². The van der Waals surface area contributed by atoms with E-state index in [-0.39, 0.29) is 18.9 Å². The predicted molar refractivity (Wildman–Crippen MR) is 148 cm³/mol. The van der Waals surface area contributed by atoms with Gasteiger partial charge in [-0.3, -0.25) is 14.5 Å². The van der Waals surface area contributed by atoms with Crippen LogP contribution in [0.3, 0.4) is 0 Å². The molecule has 0 saturated heterocycles. The molecule has 3 N–H and O–H groups in total. The normalized spacial score (nSPS) is 19.8. The lowest BCUT2D eigenvalue weighted by atomic mass is 9.71. The maximum atomic E-state index is 12.3. The standard InChI is InChI=1S/C29H40N2O5S/c1-29(2,3)24-12-14-25(15-13-24)31(20-22-6-5-7-26(18-22)37(4,35)36)19-21-8-10-23(11-9-21)28(34)30-17-16-27(32)33/h5-11,18,24-25H,4,12-17,19-20H2,1-3H3,(H,30,34)(H,32,33)(H,35,36). The molecule has 1 unspecified atom stereocenters. The van der Waals surface area contributed by atoms with Gasteiger partial charge in [0.1, 0.15) is 9.80 Å². The molecule has 0 heterocycles. The summed E-state index contributed by atoms with van der Waals surface area (Å²) in [5.41, 5.74) is 2.82. The lowest BCUT2D eigenvalue weighted by Crippen LogP contribution is -2.39. The molecule has 0 bridgehead atoms. The molecule has 1 aliphatic rings. The monoisotopic (exact) mass is 528 g/mol. The Kier molecular flexibility index (Phi) is 9.56. The molecule has 2 aromatic carbocycles. The quantitative estimate of drug-likeness (QED) is 0.373. The number of amides is 1. The van der Waals surface area contributed by atoms with Crippen LogP contribution in [0.15, 0.2) is 53.4 Å². The molecule has 0 spiro atoms. The molecule has 0 radical (unpaired) electrons. The van der Waals surface area contributed by atoms with E-state index in [1.54, 1.807) is 30.3 Å². The Morgan fingerprint density at radius 3 is 2.22 bits per heavy atom. The third-order valence-corrected chi connectivity index (χ3v) is 8.31. The van der Waals surface area contributed by atoms with Gasteiger partial charge < -0.3 is 15.0 Å². The van der Waals surface area contributed by atoms with Crippen molar-refractivity contribution < 1.29 is 23.5 Å². The van der Waals surface area contributed by atoms with E-state index >= 15 is 0 Å². The van der Waals surface area contributed by atoms with Crippen LogP contribution in [0.5, 0.6) is 0 Å². The van der Waals surface area contributed by atoms with Gasteiger partial charge >= 0.3 is 5.97 Å². The van der Waals surface area contributed by atoms with E-state index in [1.807, 2.05) is 18.2 Å². The summed E-state index contributed by atoms with van der Waals surface area (Å²) in [6.45, 7) is 8.36. The summed E-state index contributed by atoms with van der Waals surface area (Å²) in [5.74, 6) is 2.86. The van der Waals surface area contributed by atoms with Crippen LogP contribution in [0, 0.1) is 11.3 Å². The minimum Gasteiger partial charge on any atom is -0.481 e. The number of nitrogens with zero attached hydrogens (tertiary/aromatic N) is 1. The molecule has 1 aliphatic carbocycles. The number of carboxylic acids is 1. The van der Waals surface area contributed by atoms with Gasteiger partial charge in [-0.05, 0) is 78.3 Å². The van der Waals surface area contributed by atoms with Crippen molar-refractivity contribution in [1.82, 2.24) is 10.2 Å². The minimum absolute atomic E-state index is 0.0908. The van der Waals surface area contributed by atoms with Gasteiger partial charge in [-0.2, -0.15) is 0 Å². The second-order valence-electron chi connectivity index (χ2n) is 11.2. The number of carbonyl (C=O) groups is 2. The Hall–Kier alpha value is -2.68. The first-order valence-corrected chi connectivity index (χ1v) is 14.5. The minimum atomic E-state index is -3.28. The summed E-state index contributed by atoms with van der Waals surface area (Å²) in [4.78, 5) is 25.7. The zero-order chi connectivity index (χ0) is 27.2. The number of rotatable bonds is 10. The molecule has 2 aromatic rings. The van der Waals surface area contributed by atoms with Crippen LogP contribution >= 0.6 is 0 Å². The van der Waals surface area contributed by atoms with E-state index < -0.39 is 15.8 Å². The number of carboxylic acid groups (broad SMARTS) is 1. The first-order chi connectivity index (χ1) is 17.3. The van der Waals surface area contributed by atoms with Gasteiger partial charge in [-0.1, -0.05) is 45.0 Å². The second kappa shape index (κ2) is 12.2. The van der Waals surface area contributed by atoms with E-state index in [4.69, 9.17) is 5.11 Å². The molecule has 8 heteroatoms. The van der Waals surface area contributed by atoms with Gasteiger partial charge in [-0.15, -0.1) is 0 Å². The van der Waals surface area contributed by atoms with Crippen molar-refractivity contribution in [2.75, 3.05) is 6.54 Å². The molecule has 3 rings (SSSR count). The van der Waals surface area contributed by atoms with Gasteiger partial charge in [0, 0.05) is 31.2 Å². The first kappa shape index (κ1) is 28.9. The molecule has 0 aromatic heterocycles. The number of hydrogen-bond donors (Lipinski definition) is 3. The first-order valence-electron chi connectivity index (χ1n) is 12.8. The van der Waals surface area contributed by atoms with E-state index in [1.165, 1.54) is 12.8 Å². The fraction of sp³-hybridized carbons (Fsp3) is 0.483. The zero-order valence-electron chi connectivity index (χ0n) is 22.1. The van der Waals surface area contributed by atoms with Crippen LogP contribution in [0.25, 0.3) is 0 Å². The maximum Gasteiger partial charge on any atom is 0.305 e. The summed E-state index contributed by atoms with van der Waals surface area (Å²) >= 11 is 0. The molecule has 37 heavy (non-hydrogen) atoms. The molecule has 1 saturated carbocycles. The Labute approximate surface area is 221 Å². The van der Waals surface area contributed by atoms with E-state index in [0.717, 1.165) is 24.0 Å². The van der Waals surface area contributed by atoms with E-state index in [0.29, 0.717) is 40.9 Å². The van der Waals surface area contributed by atoms with Gasteiger partial charge in [-0.25, -0.2) is 4.21 Å². The summed E-state index contributed by atoms with van der Waals surface area (Å²) < 4.78 is 22.0. The third-order valence-electron chi connectivity index (χ3n) is 7.32. The molecular weight excluding hydrogens is 488 g/mol. The largest absolute Gasteiger partial charge is 0.481 e. The smallest absolute Gasteiger partial charge is 0.305 e. The number of hydrogen-bond acceptors (Lipinski definition) is 4. The molecule has 7 nitrogen and oxygen atoms in total. The van der Waals surface area contributed by atoms with Crippen LogP contribution in [-0.4, -0.2) is 49.1 Å². The van der Waals surface area contributed by atoms with Crippen LogP contribution in [-0.2, 0) is 27.7 Å². The van der Waals surface area contributed by atoms with Crippen molar-refractivity contribution in [3.63, 3.8) is 0 Å². The maximum absolute atomic E-state index is 12.3. The highest BCUT2D eigenvalue weighted by Crippen LogP contribution is 2.39. The van der Waals surface area contributed by atoms with Crippen LogP contribution in [0.4, 0.5) is 0 Å². The Bertz CT molecular complexity index is 1180. The van der Waals surface area contributed by atoms with Crippen LogP contribution in [0.1, 0.15) is 74.4 Å². The SMILES string of the molecule is C=S(=O)(O)c1cccc(CN(Cc2ccc(C(=O)NCCC(=O)O)cc2)C2CCC(C(C)(C)C)CC2)c1. The zero-order valence-corrected chi connectivity index (χ0v) is 22.9. The predicted octanol–water partition coefficient (Wildman–Crippen LogP) is 5.05. The van der Waals surface area contributed by atoms with Crippen molar-refractivity contribution in [3.05, 3.63) is 65.2 Å². The van der Waals surface area contributed by atoms with Gasteiger partial charge in [0.15, 0.2) is 0 Å². The van der Waals surface area contributed by atoms with Crippen molar-refractivity contribution in [2.24, 2.45) is 11.3 Å². The molecule has 202 valence electrons. The molecule has 1 fully saturated rings. The van der Waals surface area contributed by atoms with Crippen molar-refractivity contribution in [2.45, 2.75) is 76.9 Å². The number of nitrogens with one attached hydrogen (secondary N) is 1. The van der Waals surface area contributed by atoms with Crippen LogP contribution in [0.2, 0.25) is 0 Å². The Morgan fingerprint density at radius 2 is 1.65 bits per heavy atom. The summed E-state index contributed by atoms with van der Waals surface area (Å²) in [5, 5.41) is 11.4. The van der Waals surface area contributed by atoms with Gasteiger partial charge in [0.05, 0.1) is 11.3 Å². The molecule has 1 amide bonds. The van der Waals surface area contributed by atoms with E-state index in [9.17, 15) is 18.4 Å². The lowest BCUT2D eigenvalue weighted by Gasteiger charge is -2.41. The van der Waals surface area contributed by atoms with Gasteiger partial charge in [0.25, 0.3) is 5.91 Å². The Morgan fingerprint density at radius 1 is 1.03 bits per heavy atom. The van der Waals surface area contributed by atoms with Crippen molar-refractivity contribution >= 4 is 27.5 Å². The van der Waals surface area contributed by atoms with E-state index in [2.05, 4.69) is 36.9 Å². The highest BCUT2D eigenvalue weighted by molar-refractivity contribution is 7.95.